The van der Waals surface area contributed by atoms with Crippen molar-refractivity contribution in [3.63, 3.8) is 0 Å². The third-order valence-electron chi connectivity index (χ3n) is 8.27. The van der Waals surface area contributed by atoms with Gasteiger partial charge in [0.25, 0.3) is 0 Å². The van der Waals surface area contributed by atoms with Gasteiger partial charge in [-0.15, -0.1) is 0 Å². The largest absolute Gasteiger partial charge is 0.456 e. The molecule has 206 valence electrons. The molecule has 9 aromatic rings. The van der Waals surface area contributed by atoms with Gasteiger partial charge in [0.05, 0.1) is 11.0 Å². The average molecular weight is 565 g/mol. The lowest BCUT2D eigenvalue weighted by atomic mass is 10.0. The van der Waals surface area contributed by atoms with Gasteiger partial charge in [-0.3, -0.25) is 4.57 Å². The van der Waals surface area contributed by atoms with E-state index < -0.39 is 0 Å². The Morgan fingerprint density at radius 1 is 0.386 bits per heavy atom. The number of benzene rings is 6. The second-order valence-corrected chi connectivity index (χ2v) is 10.9. The van der Waals surface area contributed by atoms with E-state index in [0.29, 0.717) is 17.6 Å². The molecule has 6 aromatic carbocycles. The standard InChI is InChI=1S/C39H24N4O/c1-3-11-25(12-4-1)37-40-38(26-13-5-2-6-14-26)42-39(41-37)43-33-17-9-7-15-29(33)31-23-27(19-21-34(31)43)28-20-22-36-32(24-28)30-16-8-10-18-35(30)44-36/h1-24H. The van der Waals surface area contributed by atoms with Crippen molar-refractivity contribution in [2.75, 3.05) is 0 Å². The van der Waals surface area contributed by atoms with Crippen molar-refractivity contribution in [3.8, 4) is 39.9 Å². The smallest absolute Gasteiger partial charge is 0.238 e. The molecule has 0 fully saturated rings. The third-order valence-corrected chi connectivity index (χ3v) is 8.27. The van der Waals surface area contributed by atoms with E-state index in [2.05, 4.69) is 77.4 Å². The van der Waals surface area contributed by atoms with Gasteiger partial charge < -0.3 is 4.42 Å². The Kier molecular flexibility index (Phi) is 5.43. The van der Waals surface area contributed by atoms with Crippen LogP contribution in [0.15, 0.2) is 150 Å². The highest BCUT2D eigenvalue weighted by Crippen LogP contribution is 2.37. The molecule has 5 nitrogen and oxygen atoms in total. The minimum Gasteiger partial charge on any atom is -0.456 e. The second-order valence-electron chi connectivity index (χ2n) is 10.9. The van der Waals surface area contributed by atoms with E-state index in [-0.39, 0.29) is 0 Å². The molecule has 0 atom stereocenters. The Bertz CT molecular complexity index is 2440. The summed E-state index contributed by atoms with van der Waals surface area (Å²) in [7, 11) is 0. The Morgan fingerprint density at radius 3 is 1.66 bits per heavy atom. The summed E-state index contributed by atoms with van der Waals surface area (Å²) in [6.07, 6.45) is 0. The molecule has 0 spiro atoms. The van der Waals surface area contributed by atoms with Crippen molar-refractivity contribution >= 4 is 43.7 Å². The van der Waals surface area contributed by atoms with Gasteiger partial charge in [0, 0.05) is 32.7 Å². The van der Waals surface area contributed by atoms with Crippen LogP contribution in [0.4, 0.5) is 0 Å². The molecular formula is C39H24N4O. The molecular weight excluding hydrogens is 540 g/mol. The van der Waals surface area contributed by atoms with Crippen LogP contribution < -0.4 is 0 Å². The van der Waals surface area contributed by atoms with E-state index in [1.165, 1.54) is 0 Å². The van der Waals surface area contributed by atoms with Crippen LogP contribution in [0.25, 0.3) is 83.6 Å². The fourth-order valence-electron chi connectivity index (χ4n) is 6.17. The molecule has 0 radical (unpaired) electrons. The lowest BCUT2D eigenvalue weighted by Crippen LogP contribution is -2.06. The van der Waals surface area contributed by atoms with Gasteiger partial charge in [0.15, 0.2) is 11.6 Å². The topological polar surface area (TPSA) is 56.7 Å². The predicted molar refractivity (Wildman–Crippen MR) is 178 cm³/mol. The second kappa shape index (κ2) is 9.75. The lowest BCUT2D eigenvalue weighted by molar-refractivity contribution is 0.669. The SMILES string of the molecule is c1ccc(-c2nc(-c3ccccc3)nc(-n3c4ccccc4c4cc(-c5ccc6oc7ccccc7c6c5)ccc43)n2)cc1. The van der Waals surface area contributed by atoms with Gasteiger partial charge in [-0.05, 0) is 47.5 Å². The van der Waals surface area contributed by atoms with Gasteiger partial charge in [-0.2, -0.15) is 9.97 Å². The first kappa shape index (κ1) is 24.5. The molecule has 0 aliphatic carbocycles. The zero-order valence-electron chi connectivity index (χ0n) is 23.6. The molecule has 3 aromatic heterocycles. The van der Waals surface area contributed by atoms with Gasteiger partial charge >= 0.3 is 0 Å². The van der Waals surface area contributed by atoms with Gasteiger partial charge in [0.1, 0.15) is 11.2 Å². The van der Waals surface area contributed by atoms with Crippen molar-refractivity contribution in [2.24, 2.45) is 0 Å². The zero-order chi connectivity index (χ0) is 29.0. The molecule has 9 rings (SSSR count). The van der Waals surface area contributed by atoms with Crippen LogP contribution in [0, 0.1) is 0 Å². The molecule has 0 aliphatic rings. The fourth-order valence-corrected chi connectivity index (χ4v) is 6.17. The van der Waals surface area contributed by atoms with Crippen molar-refractivity contribution in [1.82, 2.24) is 19.5 Å². The van der Waals surface area contributed by atoms with Crippen molar-refractivity contribution in [3.05, 3.63) is 146 Å². The zero-order valence-corrected chi connectivity index (χ0v) is 23.6. The molecule has 3 heterocycles. The number of hydrogen-bond acceptors (Lipinski definition) is 4. The summed E-state index contributed by atoms with van der Waals surface area (Å²) in [5, 5.41) is 4.52. The Morgan fingerprint density at radius 2 is 0.932 bits per heavy atom. The number of fused-ring (bicyclic) bond motifs is 6. The minimum absolute atomic E-state index is 0.586. The number of para-hydroxylation sites is 2. The summed E-state index contributed by atoms with van der Waals surface area (Å²) in [5.41, 5.74) is 8.04. The maximum Gasteiger partial charge on any atom is 0.238 e. The quantitative estimate of drug-likeness (QED) is 0.213. The van der Waals surface area contributed by atoms with E-state index in [9.17, 15) is 0 Å². The van der Waals surface area contributed by atoms with Crippen LogP contribution in [-0.4, -0.2) is 19.5 Å². The molecule has 5 heteroatoms. The van der Waals surface area contributed by atoms with Gasteiger partial charge in [0.2, 0.25) is 5.95 Å². The van der Waals surface area contributed by atoms with Gasteiger partial charge in [-0.25, -0.2) is 4.98 Å². The van der Waals surface area contributed by atoms with Crippen molar-refractivity contribution in [2.45, 2.75) is 0 Å². The highest BCUT2D eigenvalue weighted by molar-refractivity contribution is 6.11. The maximum absolute atomic E-state index is 6.08. The van der Waals surface area contributed by atoms with Crippen LogP contribution in [0.2, 0.25) is 0 Å². The Balaban J connectivity index is 1.27. The van der Waals surface area contributed by atoms with Crippen LogP contribution in [0.1, 0.15) is 0 Å². The van der Waals surface area contributed by atoms with E-state index in [1.807, 2.05) is 72.8 Å². The van der Waals surface area contributed by atoms with Crippen molar-refractivity contribution < 1.29 is 4.42 Å². The van der Waals surface area contributed by atoms with Crippen molar-refractivity contribution in [1.29, 1.82) is 0 Å². The normalized spacial score (nSPS) is 11.6. The summed E-state index contributed by atoms with van der Waals surface area (Å²) in [5.74, 6) is 1.86. The summed E-state index contributed by atoms with van der Waals surface area (Å²) < 4.78 is 8.24. The molecule has 0 unspecified atom stereocenters. The first-order chi connectivity index (χ1) is 21.8. The first-order valence-electron chi connectivity index (χ1n) is 14.6. The van der Waals surface area contributed by atoms with E-state index in [0.717, 1.165) is 66.0 Å². The number of aromatic nitrogens is 4. The highest BCUT2D eigenvalue weighted by atomic mass is 16.3. The summed E-state index contributed by atoms with van der Waals surface area (Å²) in [4.78, 5) is 15.0. The van der Waals surface area contributed by atoms with Crippen LogP contribution in [0.5, 0.6) is 0 Å². The van der Waals surface area contributed by atoms with Crippen LogP contribution in [-0.2, 0) is 0 Å². The lowest BCUT2D eigenvalue weighted by Gasteiger charge is -2.11. The molecule has 44 heavy (non-hydrogen) atoms. The maximum atomic E-state index is 6.08. The number of furan rings is 1. The molecule has 0 saturated heterocycles. The molecule has 0 N–H and O–H groups in total. The van der Waals surface area contributed by atoms with E-state index in [1.54, 1.807) is 0 Å². The number of nitrogens with zero attached hydrogens (tertiary/aromatic N) is 4. The Hall–Kier alpha value is -6.07. The molecule has 0 saturated carbocycles. The third kappa shape index (κ3) is 3.91. The Labute approximate surface area is 252 Å². The number of hydrogen-bond donors (Lipinski definition) is 0. The monoisotopic (exact) mass is 564 g/mol. The molecule has 0 amide bonds. The molecule has 0 bridgehead atoms. The highest BCUT2D eigenvalue weighted by Gasteiger charge is 2.18. The summed E-state index contributed by atoms with van der Waals surface area (Å²) in [6, 6.07) is 49.9. The predicted octanol–water partition coefficient (Wildman–Crippen LogP) is 9.87. The summed E-state index contributed by atoms with van der Waals surface area (Å²) >= 11 is 0. The van der Waals surface area contributed by atoms with Gasteiger partial charge in [-0.1, -0.05) is 109 Å². The van der Waals surface area contributed by atoms with Crippen LogP contribution >= 0.6 is 0 Å². The fraction of sp³-hybridized carbons (Fsp3) is 0. The van der Waals surface area contributed by atoms with E-state index >= 15 is 0 Å². The first-order valence-corrected chi connectivity index (χ1v) is 14.6. The van der Waals surface area contributed by atoms with E-state index in [4.69, 9.17) is 19.4 Å². The minimum atomic E-state index is 0.586. The number of rotatable bonds is 4. The average Bonchev–Trinajstić information content (AvgIpc) is 3.64. The van der Waals surface area contributed by atoms with Crippen LogP contribution in [0.3, 0.4) is 0 Å². The molecule has 0 aliphatic heterocycles. The summed E-state index contributed by atoms with van der Waals surface area (Å²) in [6.45, 7) is 0.